The van der Waals surface area contributed by atoms with Crippen molar-refractivity contribution in [1.29, 1.82) is 0 Å². The number of aromatic nitrogens is 2. The van der Waals surface area contributed by atoms with Gasteiger partial charge in [0.2, 0.25) is 0 Å². The maximum Gasteiger partial charge on any atom is 0.119 e. The van der Waals surface area contributed by atoms with Gasteiger partial charge in [-0.15, -0.1) is 0 Å². The molecule has 0 aliphatic heterocycles. The van der Waals surface area contributed by atoms with Gasteiger partial charge in [-0.2, -0.15) is 0 Å². The van der Waals surface area contributed by atoms with Crippen molar-refractivity contribution in [3.63, 3.8) is 0 Å². The van der Waals surface area contributed by atoms with Crippen LogP contribution in [-0.4, -0.2) is 16.7 Å². The van der Waals surface area contributed by atoms with Crippen LogP contribution >= 0.6 is 15.9 Å². The molecular weight excluding hydrogens is 268 g/mol. The smallest absolute Gasteiger partial charge is 0.119 e. The predicted octanol–water partition coefficient (Wildman–Crippen LogP) is 3.01. The molecule has 0 unspecified atom stereocenters. The van der Waals surface area contributed by atoms with Gasteiger partial charge in [0.1, 0.15) is 11.6 Å². The fraction of sp³-hybridized carbons (Fsp3) is 0.250. The van der Waals surface area contributed by atoms with E-state index in [9.17, 15) is 0 Å². The van der Waals surface area contributed by atoms with Crippen LogP contribution < -0.4 is 4.74 Å². The molecule has 0 bridgehead atoms. The van der Waals surface area contributed by atoms with Crippen LogP contribution in [0.3, 0.4) is 0 Å². The Morgan fingerprint density at radius 2 is 2.25 bits per heavy atom. The summed E-state index contributed by atoms with van der Waals surface area (Å²) < 4.78 is 8.39. The zero-order chi connectivity index (χ0) is 11.5. The quantitative estimate of drug-likeness (QED) is 0.864. The Balaban J connectivity index is 2.30. The van der Waals surface area contributed by atoms with Gasteiger partial charge in [0.05, 0.1) is 7.11 Å². The number of halogens is 1. The molecule has 4 heteroatoms. The molecule has 0 radical (unpaired) electrons. The minimum Gasteiger partial charge on any atom is -0.497 e. The summed E-state index contributed by atoms with van der Waals surface area (Å²) in [6, 6.07) is 5.97. The molecule has 1 aromatic heterocycles. The van der Waals surface area contributed by atoms with Gasteiger partial charge in [0, 0.05) is 23.4 Å². The van der Waals surface area contributed by atoms with Crippen molar-refractivity contribution in [3.05, 3.63) is 46.5 Å². The molecular formula is C12H13BrN2O. The van der Waals surface area contributed by atoms with E-state index in [1.165, 1.54) is 5.56 Å². The summed E-state index contributed by atoms with van der Waals surface area (Å²) in [6.07, 6.45) is 3.78. The van der Waals surface area contributed by atoms with Gasteiger partial charge in [-0.3, -0.25) is 0 Å². The summed E-state index contributed by atoms with van der Waals surface area (Å²) in [5.41, 5.74) is 1.18. The molecule has 2 rings (SSSR count). The summed E-state index contributed by atoms with van der Waals surface area (Å²) in [5.74, 6) is 1.88. The monoisotopic (exact) mass is 280 g/mol. The summed E-state index contributed by atoms with van der Waals surface area (Å²) in [4.78, 5) is 4.20. The van der Waals surface area contributed by atoms with Gasteiger partial charge in [-0.1, -0.05) is 15.9 Å². The third-order valence-electron chi connectivity index (χ3n) is 2.52. The van der Waals surface area contributed by atoms with Gasteiger partial charge in [0.15, 0.2) is 0 Å². The van der Waals surface area contributed by atoms with E-state index < -0.39 is 0 Å². The highest BCUT2D eigenvalue weighted by molar-refractivity contribution is 9.10. The number of benzene rings is 1. The minimum atomic E-state index is 0.795. The van der Waals surface area contributed by atoms with E-state index in [1.807, 2.05) is 37.5 Å². The molecule has 0 N–H and O–H groups in total. The highest BCUT2D eigenvalue weighted by Gasteiger charge is 2.04. The molecule has 0 aliphatic rings. The number of ether oxygens (including phenoxy) is 1. The maximum absolute atomic E-state index is 5.21. The summed E-state index contributed by atoms with van der Waals surface area (Å²) in [5, 5.41) is 0. The largest absolute Gasteiger partial charge is 0.497 e. The van der Waals surface area contributed by atoms with Gasteiger partial charge >= 0.3 is 0 Å². The first kappa shape index (κ1) is 11.2. The zero-order valence-electron chi connectivity index (χ0n) is 9.27. The van der Waals surface area contributed by atoms with Crippen LogP contribution in [0.15, 0.2) is 35.1 Å². The molecule has 0 amide bonds. The number of aryl methyl sites for hydroxylation is 1. The van der Waals surface area contributed by atoms with Crippen molar-refractivity contribution in [2.24, 2.45) is 0 Å². The van der Waals surface area contributed by atoms with Crippen LogP contribution in [0.2, 0.25) is 0 Å². The van der Waals surface area contributed by atoms with Crippen LogP contribution in [0.5, 0.6) is 5.75 Å². The van der Waals surface area contributed by atoms with Crippen molar-refractivity contribution in [3.8, 4) is 5.75 Å². The second-order valence-electron chi connectivity index (χ2n) is 3.56. The zero-order valence-corrected chi connectivity index (χ0v) is 10.9. The molecule has 1 aromatic carbocycles. The first-order chi connectivity index (χ1) is 7.70. The van der Waals surface area contributed by atoms with E-state index in [0.717, 1.165) is 22.6 Å². The van der Waals surface area contributed by atoms with Crippen molar-refractivity contribution in [2.75, 3.05) is 7.11 Å². The van der Waals surface area contributed by atoms with Crippen molar-refractivity contribution >= 4 is 15.9 Å². The summed E-state index contributed by atoms with van der Waals surface area (Å²) in [7, 11) is 1.68. The SMILES string of the molecule is COc1ccc(Br)c(Cn2ccnc2C)c1. The Hall–Kier alpha value is -1.29. The molecule has 2 aromatic rings. The van der Waals surface area contributed by atoms with Crippen LogP contribution in [-0.2, 0) is 6.54 Å². The second-order valence-corrected chi connectivity index (χ2v) is 4.41. The molecule has 0 saturated carbocycles. The summed E-state index contributed by atoms with van der Waals surface area (Å²) >= 11 is 3.54. The third-order valence-corrected chi connectivity index (χ3v) is 3.29. The lowest BCUT2D eigenvalue weighted by Crippen LogP contribution is -2.01. The molecule has 84 valence electrons. The van der Waals surface area contributed by atoms with E-state index >= 15 is 0 Å². The standard InChI is InChI=1S/C12H13BrN2O/c1-9-14-5-6-15(9)8-10-7-11(16-2)3-4-12(10)13/h3-7H,8H2,1-2H3. The van der Waals surface area contributed by atoms with Crippen LogP contribution in [0.25, 0.3) is 0 Å². The fourth-order valence-electron chi connectivity index (χ4n) is 1.55. The number of hydrogen-bond donors (Lipinski definition) is 0. The molecule has 0 spiro atoms. The Labute approximate surface area is 103 Å². The minimum absolute atomic E-state index is 0.795. The first-order valence-electron chi connectivity index (χ1n) is 5.01. The molecule has 0 aliphatic carbocycles. The van der Waals surface area contributed by atoms with E-state index in [1.54, 1.807) is 7.11 Å². The molecule has 16 heavy (non-hydrogen) atoms. The lowest BCUT2D eigenvalue weighted by Gasteiger charge is -2.09. The van der Waals surface area contributed by atoms with E-state index in [-0.39, 0.29) is 0 Å². The van der Waals surface area contributed by atoms with Crippen molar-refractivity contribution in [2.45, 2.75) is 13.5 Å². The molecule has 0 saturated heterocycles. The highest BCUT2D eigenvalue weighted by Crippen LogP contribution is 2.23. The predicted molar refractivity (Wildman–Crippen MR) is 66.8 cm³/mol. The lowest BCUT2D eigenvalue weighted by molar-refractivity contribution is 0.414. The normalized spacial score (nSPS) is 10.4. The molecule has 1 heterocycles. The Bertz CT molecular complexity index is 494. The van der Waals surface area contributed by atoms with Crippen molar-refractivity contribution < 1.29 is 4.74 Å². The number of hydrogen-bond acceptors (Lipinski definition) is 2. The van der Waals surface area contributed by atoms with Crippen LogP contribution in [0, 0.1) is 6.92 Å². The Morgan fingerprint density at radius 1 is 1.44 bits per heavy atom. The Kier molecular flexibility index (Phi) is 3.29. The number of methoxy groups -OCH3 is 1. The topological polar surface area (TPSA) is 27.1 Å². The van der Waals surface area contributed by atoms with Gasteiger partial charge < -0.3 is 9.30 Å². The van der Waals surface area contributed by atoms with E-state index in [4.69, 9.17) is 4.74 Å². The summed E-state index contributed by atoms with van der Waals surface area (Å²) in [6.45, 7) is 2.79. The van der Waals surface area contributed by atoms with E-state index in [2.05, 4.69) is 25.5 Å². The van der Waals surface area contributed by atoms with E-state index in [0.29, 0.717) is 0 Å². The number of rotatable bonds is 3. The fourth-order valence-corrected chi connectivity index (χ4v) is 1.93. The Morgan fingerprint density at radius 3 is 2.88 bits per heavy atom. The maximum atomic E-state index is 5.21. The van der Waals surface area contributed by atoms with Crippen LogP contribution in [0.4, 0.5) is 0 Å². The highest BCUT2D eigenvalue weighted by atomic mass is 79.9. The average molecular weight is 281 g/mol. The third kappa shape index (κ3) is 2.27. The van der Waals surface area contributed by atoms with Gasteiger partial charge in [-0.25, -0.2) is 4.98 Å². The number of nitrogens with zero attached hydrogens (tertiary/aromatic N) is 2. The lowest BCUT2D eigenvalue weighted by atomic mass is 10.2. The van der Waals surface area contributed by atoms with Crippen molar-refractivity contribution in [1.82, 2.24) is 9.55 Å². The average Bonchev–Trinajstić information content (AvgIpc) is 2.68. The molecule has 0 atom stereocenters. The number of imidazole rings is 1. The molecule has 3 nitrogen and oxygen atoms in total. The van der Waals surface area contributed by atoms with Crippen LogP contribution in [0.1, 0.15) is 11.4 Å². The molecule has 0 fully saturated rings. The second kappa shape index (κ2) is 4.70. The van der Waals surface area contributed by atoms with Gasteiger partial charge in [0.25, 0.3) is 0 Å². The first-order valence-corrected chi connectivity index (χ1v) is 5.80. The van der Waals surface area contributed by atoms with Gasteiger partial charge in [-0.05, 0) is 30.7 Å².